The highest BCUT2D eigenvalue weighted by Crippen LogP contribution is 2.23. The average Bonchev–Trinajstić information content (AvgIpc) is 2.97. The minimum atomic E-state index is 0.0710. The fourth-order valence-electron chi connectivity index (χ4n) is 2.25. The Morgan fingerprint density at radius 1 is 1.15 bits per heavy atom. The van der Waals surface area contributed by atoms with Gasteiger partial charge in [0.15, 0.2) is 0 Å². The molecule has 0 spiro atoms. The topological polar surface area (TPSA) is 51.0 Å². The largest absolute Gasteiger partial charge is 0.337 e. The van der Waals surface area contributed by atoms with Crippen LogP contribution in [0.3, 0.4) is 0 Å². The quantitative estimate of drug-likeness (QED) is 0.785. The Balaban J connectivity index is 1.94. The van der Waals surface area contributed by atoms with Gasteiger partial charge in [-0.1, -0.05) is 48.5 Å². The first kappa shape index (κ1) is 12.8. The van der Waals surface area contributed by atoms with Gasteiger partial charge in [0.05, 0.1) is 6.04 Å². The van der Waals surface area contributed by atoms with Crippen LogP contribution in [-0.4, -0.2) is 16.7 Å². The number of hydrogen-bond donors (Lipinski definition) is 1. The highest BCUT2D eigenvalue weighted by atomic mass is 16.5. The Labute approximate surface area is 117 Å². The Bertz CT molecular complexity index is 720. The van der Waals surface area contributed by atoms with Crippen LogP contribution in [0.1, 0.15) is 25.8 Å². The molecule has 4 nitrogen and oxygen atoms in total. The number of rotatable bonds is 4. The second kappa shape index (κ2) is 5.43. The molecule has 1 N–H and O–H groups in total. The van der Waals surface area contributed by atoms with Gasteiger partial charge in [-0.25, -0.2) is 0 Å². The normalized spacial score (nSPS) is 12.7. The number of nitrogens with zero attached hydrogens (tertiary/aromatic N) is 2. The van der Waals surface area contributed by atoms with E-state index >= 15 is 0 Å². The van der Waals surface area contributed by atoms with Crippen LogP contribution in [0.4, 0.5) is 0 Å². The van der Waals surface area contributed by atoms with Gasteiger partial charge < -0.3 is 9.84 Å². The molecule has 0 saturated heterocycles. The fourth-order valence-corrected chi connectivity index (χ4v) is 2.25. The van der Waals surface area contributed by atoms with Crippen molar-refractivity contribution in [2.45, 2.75) is 19.9 Å². The molecular formula is C16H17N3O. The lowest BCUT2D eigenvalue weighted by atomic mass is 10.1. The zero-order valence-electron chi connectivity index (χ0n) is 11.6. The van der Waals surface area contributed by atoms with Crippen LogP contribution in [0.2, 0.25) is 0 Å². The number of nitrogens with one attached hydrogen (secondary N) is 1. The van der Waals surface area contributed by atoms with E-state index in [0.29, 0.717) is 11.7 Å². The van der Waals surface area contributed by atoms with Gasteiger partial charge in [-0.3, -0.25) is 0 Å². The Morgan fingerprint density at radius 2 is 1.95 bits per heavy atom. The highest BCUT2D eigenvalue weighted by Gasteiger charge is 2.14. The number of aromatic nitrogens is 2. The van der Waals surface area contributed by atoms with E-state index in [1.165, 1.54) is 10.8 Å². The second-order valence-electron chi connectivity index (χ2n) is 4.80. The van der Waals surface area contributed by atoms with Crippen molar-refractivity contribution in [2.75, 3.05) is 6.54 Å². The summed E-state index contributed by atoms with van der Waals surface area (Å²) in [7, 11) is 0. The van der Waals surface area contributed by atoms with Crippen molar-refractivity contribution >= 4 is 10.8 Å². The predicted molar refractivity (Wildman–Crippen MR) is 79.3 cm³/mol. The third-order valence-electron chi connectivity index (χ3n) is 3.33. The summed E-state index contributed by atoms with van der Waals surface area (Å²) in [6.07, 6.45) is 0. The van der Waals surface area contributed by atoms with Crippen molar-refractivity contribution in [1.29, 1.82) is 0 Å². The maximum absolute atomic E-state index is 5.32. The lowest BCUT2D eigenvalue weighted by Crippen LogP contribution is -2.17. The van der Waals surface area contributed by atoms with E-state index in [9.17, 15) is 0 Å². The molecule has 1 aromatic heterocycles. The van der Waals surface area contributed by atoms with Crippen LogP contribution >= 0.6 is 0 Å². The molecule has 20 heavy (non-hydrogen) atoms. The van der Waals surface area contributed by atoms with Crippen molar-refractivity contribution < 1.29 is 4.52 Å². The standard InChI is InChI=1S/C16H17N3O/c1-3-17-11(2)16-18-15(19-20-16)14-9-8-12-6-4-5-7-13(12)10-14/h4-11,17H,3H2,1-2H3. The van der Waals surface area contributed by atoms with Crippen LogP contribution in [0.25, 0.3) is 22.2 Å². The molecule has 2 aromatic carbocycles. The summed E-state index contributed by atoms with van der Waals surface area (Å²) >= 11 is 0. The molecule has 0 aliphatic rings. The van der Waals surface area contributed by atoms with Gasteiger partial charge in [0.2, 0.25) is 11.7 Å². The van der Waals surface area contributed by atoms with Crippen molar-refractivity contribution in [1.82, 2.24) is 15.5 Å². The third kappa shape index (κ3) is 2.42. The lowest BCUT2D eigenvalue weighted by molar-refractivity contribution is 0.342. The van der Waals surface area contributed by atoms with Crippen LogP contribution in [0.5, 0.6) is 0 Å². The fraction of sp³-hybridized carbons (Fsp3) is 0.250. The van der Waals surface area contributed by atoms with Crippen LogP contribution < -0.4 is 5.32 Å². The molecule has 102 valence electrons. The highest BCUT2D eigenvalue weighted by molar-refractivity contribution is 5.86. The first-order valence-corrected chi connectivity index (χ1v) is 6.84. The van der Waals surface area contributed by atoms with Crippen LogP contribution in [-0.2, 0) is 0 Å². The summed E-state index contributed by atoms with van der Waals surface area (Å²) in [5, 5.41) is 9.72. The van der Waals surface area contributed by atoms with Gasteiger partial charge in [0.25, 0.3) is 0 Å². The smallest absolute Gasteiger partial charge is 0.243 e. The molecule has 0 aliphatic heterocycles. The van der Waals surface area contributed by atoms with Crippen molar-refractivity contribution in [2.24, 2.45) is 0 Å². The molecule has 0 saturated carbocycles. The van der Waals surface area contributed by atoms with E-state index in [2.05, 4.69) is 46.6 Å². The van der Waals surface area contributed by atoms with E-state index in [1.54, 1.807) is 0 Å². The number of hydrogen-bond acceptors (Lipinski definition) is 4. The Hall–Kier alpha value is -2.20. The minimum absolute atomic E-state index is 0.0710. The molecule has 0 amide bonds. The monoisotopic (exact) mass is 267 g/mol. The first-order valence-electron chi connectivity index (χ1n) is 6.84. The molecule has 0 radical (unpaired) electrons. The molecule has 1 atom stereocenters. The molecule has 0 fully saturated rings. The zero-order valence-corrected chi connectivity index (χ0v) is 11.6. The van der Waals surface area contributed by atoms with Crippen molar-refractivity contribution in [3.05, 3.63) is 48.4 Å². The number of benzene rings is 2. The van der Waals surface area contributed by atoms with E-state index < -0.39 is 0 Å². The third-order valence-corrected chi connectivity index (χ3v) is 3.33. The minimum Gasteiger partial charge on any atom is -0.337 e. The molecule has 1 unspecified atom stereocenters. The first-order chi connectivity index (χ1) is 9.78. The molecular weight excluding hydrogens is 250 g/mol. The van der Waals surface area contributed by atoms with E-state index in [-0.39, 0.29) is 6.04 Å². The van der Waals surface area contributed by atoms with Gasteiger partial charge in [0, 0.05) is 5.56 Å². The molecule has 0 bridgehead atoms. The summed E-state index contributed by atoms with van der Waals surface area (Å²) in [6, 6.07) is 14.5. The molecule has 3 aromatic rings. The number of fused-ring (bicyclic) bond motifs is 1. The molecule has 4 heteroatoms. The van der Waals surface area contributed by atoms with Crippen molar-refractivity contribution in [3.8, 4) is 11.4 Å². The predicted octanol–water partition coefficient (Wildman–Crippen LogP) is 3.56. The SMILES string of the molecule is CCNC(C)c1nc(-c2ccc3ccccc3c2)no1. The Morgan fingerprint density at radius 3 is 2.75 bits per heavy atom. The van der Waals surface area contributed by atoms with Gasteiger partial charge in [-0.05, 0) is 30.3 Å². The summed E-state index contributed by atoms with van der Waals surface area (Å²) in [5.41, 5.74) is 0.974. The van der Waals surface area contributed by atoms with Crippen LogP contribution in [0.15, 0.2) is 47.0 Å². The second-order valence-corrected chi connectivity index (χ2v) is 4.80. The Kier molecular flexibility index (Phi) is 3.48. The maximum atomic E-state index is 5.32. The maximum Gasteiger partial charge on any atom is 0.243 e. The zero-order chi connectivity index (χ0) is 13.9. The van der Waals surface area contributed by atoms with Crippen LogP contribution in [0, 0.1) is 0 Å². The van der Waals surface area contributed by atoms with E-state index in [4.69, 9.17) is 4.52 Å². The summed E-state index contributed by atoms with van der Waals surface area (Å²) < 4.78 is 5.32. The van der Waals surface area contributed by atoms with Crippen molar-refractivity contribution in [3.63, 3.8) is 0 Å². The summed E-state index contributed by atoms with van der Waals surface area (Å²) in [6.45, 7) is 4.94. The summed E-state index contributed by atoms with van der Waals surface area (Å²) in [5.74, 6) is 1.26. The average molecular weight is 267 g/mol. The van der Waals surface area contributed by atoms with E-state index in [1.807, 2.05) is 25.1 Å². The summed E-state index contributed by atoms with van der Waals surface area (Å²) in [4.78, 5) is 4.47. The van der Waals surface area contributed by atoms with Gasteiger partial charge in [-0.15, -0.1) is 0 Å². The van der Waals surface area contributed by atoms with Gasteiger partial charge >= 0.3 is 0 Å². The molecule has 1 heterocycles. The van der Waals surface area contributed by atoms with Gasteiger partial charge in [-0.2, -0.15) is 4.98 Å². The molecule has 0 aliphatic carbocycles. The lowest BCUT2D eigenvalue weighted by Gasteiger charge is -2.05. The molecule has 3 rings (SSSR count). The van der Waals surface area contributed by atoms with E-state index in [0.717, 1.165) is 12.1 Å². The van der Waals surface area contributed by atoms with Gasteiger partial charge in [0.1, 0.15) is 0 Å².